The molecule has 34 heavy (non-hydrogen) atoms. The van der Waals surface area contributed by atoms with Crippen molar-refractivity contribution in [2.75, 3.05) is 32.6 Å². The van der Waals surface area contributed by atoms with Crippen LogP contribution in [-0.4, -0.2) is 64.3 Å². The second-order valence-electron chi connectivity index (χ2n) is 8.00. The maximum Gasteiger partial charge on any atom is 0.263 e. The van der Waals surface area contributed by atoms with Crippen molar-refractivity contribution in [1.29, 1.82) is 0 Å². The van der Waals surface area contributed by atoms with Crippen LogP contribution in [0.4, 0.5) is 5.69 Å². The number of hydrogen-bond donors (Lipinski definition) is 2. The van der Waals surface area contributed by atoms with Gasteiger partial charge in [0, 0.05) is 24.7 Å². The first-order valence-electron chi connectivity index (χ1n) is 10.8. The molecule has 0 aliphatic carbocycles. The number of nitrogens with zero attached hydrogens (tertiary/aromatic N) is 2. The molecule has 2 aromatic carbocycles. The Hall–Kier alpha value is -3.60. The van der Waals surface area contributed by atoms with Crippen molar-refractivity contribution < 1.29 is 27.5 Å². The number of carbonyl (C=O) groups is 2. The molecule has 2 heterocycles. The molecule has 0 spiro atoms. The molecular formula is C23H26N4O6S. The molecule has 1 saturated heterocycles. The molecule has 180 valence electrons. The van der Waals surface area contributed by atoms with Crippen molar-refractivity contribution in [3.8, 4) is 11.5 Å². The van der Waals surface area contributed by atoms with Gasteiger partial charge in [0.2, 0.25) is 5.91 Å². The van der Waals surface area contributed by atoms with Gasteiger partial charge in [-0.2, -0.15) is 0 Å². The Kier molecular flexibility index (Phi) is 6.47. The lowest BCUT2D eigenvalue weighted by atomic mass is 10.1. The van der Waals surface area contributed by atoms with E-state index in [2.05, 4.69) is 15.0 Å². The summed E-state index contributed by atoms with van der Waals surface area (Å²) in [7, 11) is -0.789. The summed E-state index contributed by atoms with van der Waals surface area (Å²) in [5, 5.41) is 2.75. The van der Waals surface area contributed by atoms with Crippen LogP contribution >= 0.6 is 0 Å². The highest BCUT2D eigenvalue weighted by atomic mass is 32.2. The Labute approximate surface area is 198 Å². The number of carbonyl (C=O) groups excluding carboxylic acids is 2. The normalized spacial score (nSPS) is 18.2. The molecule has 0 bridgehead atoms. The molecule has 2 N–H and O–H groups in total. The van der Waals surface area contributed by atoms with Crippen molar-refractivity contribution >= 4 is 33.4 Å². The molecule has 4 rings (SSSR count). The minimum Gasteiger partial charge on any atom is -0.493 e. The van der Waals surface area contributed by atoms with Crippen LogP contribution in [0.15, 0.2) is 46.3 Å². The Bertz CT molecular complexity index is 1270. The van der Waals surface area contributed by atoms with E-state index in [-0.39, 0.29) is 27.9 Å². The average Bonchev–Trinajstić information content (AvgIpc) is 3.45. The van der Waals surface area contributed by atoms with Crippen molar-refractivity contribution in [2.45, 2.75) is 30.7 Å². The first-order valence-corrected chi connectivity index (χ1v) is 12.3. The molecule has 10 nitrogen and oxygen atoms in total. The predicted molar refractivity (Wildman–Crippen MR) is 126 cm³/mol. The van der Waals surface area contributed by atoms with Crippen molar-refractivity contribution in [2.24, 2.45) is 4.99 Å². The van der Waals surface area contributed by atoms with Crippen molar-refractivity contribution in [1.82, 2.24) is 9.62 Å². The van der Waals surface area contributed by atoms with Gasteiger partial charge in [-0.05, 0) is 38.0 Å². The third kappa shape index (κ3) is 4.43. The van der Waals surface area contributed by atoms with Crippen LogP contribution in [-0.2, 0) is 14.8 Å². The van der Waals surface area contributed by atoms with Crippen LogP contribution in [0.2, 0.25) is 0 Å². The zero-order chi connectivity index (χ0) is 24.5. The zero-order valence-corrected chi connectivity index (χ0v) is 19.9. The second-order valence-corrected chi connectivity index (χ2v) is 9.65. The molecule has 2 aliphatic rings. The fourth-order valence-corrected chi connectivity index (χ4v) is 5.21. The summed E-state index contributed by atoms with van der Waals surface area (Å²) < 4.78 is 37.7. The van der Waals surface area contributed by atoms with E-state index in [1.165, 1.54) is 26.4 Å². The number of nitrogens with one attached hydrogen (secondary N) is 2. The number of amides is 2. The minimum absolute atomic E-state index is 0.0962. The Morgan fingerprint density at radius 2 is 1.74 bits per heavy atom. The van der Waals surface area contributed by atoms with Gasteiger partial charge in [-0.25, -0.2) is 8.42 Å². The number of benzene rings is 2. The topological polar surface area (TPSA) is 126 Å². The van der Waals surface area contributed by atoms with E-state index < -0.39 is 22.0 Å². The fraction of sp³-hybridized carbons (Fsp3) is 0.348. The summed E-state index contributed by atoms with van der Waals surface area (Å²) in [6, 6.07) is 8.55. The SMILES string of the molecule is COc1cc(NC(=O)[C@H](C)N=C2NS(=O)(=O)c3ccccc32)c(C(=O)N2CCCC2)cc1OC. The lowest BCUT2D eigenvalue weighted by molar-refractivity contribution is -0.117. The van der Waals surface area contributed by atoms with E-state index in [4.69, 9.17) is 9.47 Å². The van der Waals surface area contributed by atoms with Gasteiger partial charge in [-0.15, -0.1) is 0 Å². The number of fused-ring (bicyclic) bond motifs is 1. The first kappa shape index (κ1) is 23.6. The molecule has 2 amide bonds. The van der Waals surface area contributed by atoms with Crippen molar-refractivity contribution in [3.63, 3.8) is 0 Å². The number of hydrogen-bond acceptors (Lipinski definition) is 7. The van der Waals surface area contributed by atoms with Gasteiger partial charge in [0.05, 0.1) is 30.4 Å². The highest BCUT2D eigenvalue weighted by molar-refractivity contribution is 7.90. The third-order valence-electron chi connectivity index (χ3n) is 5.77. The lowest BCUT2D eigenvalue weighted by Gasteiger charge is -2.20. The van der Waals surface area contributed by atoms with Gasteiger partial charge >= 0.3 is 0 Å². The molecule has 2 aliphatic heterocycles. The monoisotopic (exact) mass is 486 g/mol. The largest absolute Gasteiger partial charge is 0.493 e. The Balaban J connectivity index is 1.63. The van der Waals surface area contributed by atoms with Crippen LogP contribution in [0.1, 0.15) is 35.7 Å². The van der Waals surface area contributed by atoms with Crippen molar-refractivity contribution in [3.05, 3.63) is 47.5 Å². The van der Waals surface area contributed by atoms with E-state index in [9.17, 15) is 18.0 Å². The predicted octanol–water partition coefficient (Wildman–Crippen LogP) is 2.01. The highest BCUT2D eigenvalue weighted by Crippen LogP contribution is 2.34. The molecule has 1 fully saturated rings. The Morgan fingerprint density at radius 1 is 1.09 bits per heavy atom. The van der Waals surface area contributed by atoms with Gasteiger partial charge in [0.1, 0.15) is 11.9 Å². The maximum absolute atomic E-state index is 13.1. The molecule has 0 saturated carbocycles. The van der Waals surface area contributed by atoms with Crippen LogP contribution in [0, 0.1) is 0 Å². The molecule has 11 heteroatoms. The summed E-state index contributed by atoms with van der Waals surface area (Å²) >= 11 is 0. The second kappa shape index (κ2) is 9.34. The lowest BCUT2D eigenvalue weighted by Crippen LogP contribution is -2.31. The van der Waals surface area contributed by atoms with Gasteiger partial charge in [0.15, 0.2) is 11.5 Å². The number of likely N-dealkylation sites (tertiary alicyclic amines) is 1. The average molecular weight is 487 g/mol. The summed E-state index contributed by atoms with van der Waals surface area (Å²) in [4.78, 5) is 32.3. The van der Waals surface area contributed by atoms with Gasteiger partial charge in [-0.1, -0.05) is 12.1 Å². The van der Waals surface area contributed by atoms with Crippen LogP contribution in [0.25, 0.3) is 0 Å². The quantitative estimate of drug-likeness (QED) is 0.643. The summed E-state index contributed by atoms with van der Waals surface area (Å²) in [5.41, 5.74) is 0.942. The van der Waals surface area contributed by atoms with Gasteiger partial charge in [-0.3, -0.25) is 19.3 Å². The summed E-state index contributed by atoms with van der Waals surface area (Å²) in [6.07, 6.45) is 1.85. The standard InChI is InChI=1S/C23H26N4O6S/c1-14(24-21-15-8-4-5-9-20(15)34(30,31)26-21)22(28)25-17-13-19(33-3)18(32-2)12-16(17)23(29)27-10-6-7-11-27/h4-5,8-9,12-14H,6-7,10-11H2,1-3H3,(H,24,26)(H,25,28)/t14-/m0/s1. The zero-order valence-electron chi connectivity index (χ0n) is 19.1. The molecule has 1 atom stereocenters. The van der Waals surface area contributed by atoms with E-state index in [0.717, 1.165) is 12.8 Å². The molecule has 0 radical (unpaired) electrons. The third-order valence-corrected chi connectivity index (χ3v) is 7.17. The fourth-order valence-electron chi connectivity index (χ4n) is 3.97. The summed E-state index contributed by atoms with van der Waals surface area (Å²) in [5.74, 6) is 0.0865. The molecule has 2 aromatic rings. The molecule has 0 unspecified atom stereocenters. The van der Waals surface area contributed by atoms with E-state index in [1.54, 1.807) is 36.1 Å². The summed E-state index contributed by atoms with van der Waals surface area (Å²) in [6.45, 7) is 2.83. The molecule has 0 aromatic heterocycles. The number of anilines is 1. The first-order chi connectivity index (χ1) is 16.2. The molecular weight excluding hydrogens is 460 g/mol. The smallest absolute Gasteiger partial charge is 0.263 e. The van der Waals surface area contributed by atoms with E-state index in [1.807, 2.05) is 0 Å². The van der Waals surface area contributed by atoms with Crippen LogP contribution < -0.4 is 19.5 Å². The van der Waals surface area contributed by atoms with E-state index >= 15 is 0 Å². The maximum atomic E-state index is 13.1. The van der Waals surface area contributed by atoms with Gasteiger partial charge in [0.25, 0.3) is 15.9 Å². The van der Waals surface area contributed by atoms with Crippen LogP contribution in [0.5, 0.6) is 11.5 Å². The Morgan fingerprint density at radius 3 is 2.41 bits per heavy atom. The number of methoxy groups -OCH3 is 2. The number of rotatable bonds is 6. The van der Waals surface area contributed by atoms with Gasteiger partial charge < -0.3 is 19.7 Å². The van der Waals surface area contributed by atoms with Crippen LogP contribution in [0.3, 0.4) is 0 Å². The minimum atomic E-state index is -3.72. The number of sulfonamides is 1. The number of ether oxygens (including phenoxy) is 2. The number of amidine groups is 1. The highest BCUT2D eigenvalue weighted by Gasteiger charge is 2.31. The van der Waals surface area contributed by atoms with E-state index in [0.29, 0.717) is 30.2 Å². The number of aliphatic imine (C=N–C) groups is 1.